The average molecular weight is 340 g/mol. The number of para-hydroxylation sites is 1. The SMILES string of the molecule is COc1ccccc1[C@H](C)N[C@@H](C)c1ccc(N2CCOC2=O)cc1. The van der Waals surface area contributed by atoms with Gasteiger partial charge in [0, 0.05) is 23.3 Å². The number of anilines is 1. The second kappa shape index (κ2) is 7.57. The summed E-state index contributed by atoms with van der Waals surface area (Å²) < 4.78 is 10.4. The Morgan fingerprint density at radius 3 is 2.44 bits per heavy atom. The van der Waals surface area contributed by atoms with E-state index in [1.165, 1.54) is 0 Å². The minimum Gasteiger partial charge on any atom is -0.496 e. The molecule has 1 fully saturated rings. The lowest BCUT2D eigenvalue weighted by atomic mass is 10.0. The van der Waals surface area contributed by atoms with Crippen molar-refractivity contribution in [3.8, 4) is 5.75 Å². The number of nitrogens with zero attached hydrogens (tertiary/aromatic N) is 1. The zero-order chi connectivity index (χ0) is 17.8. The Bertz CT molecular complexity index is 730. The summed E-state index contributed by atoms with van der Waals surface area (Å²) >= 11 is 0. The molecule has 25 heavy (non-hydrogen) atoms. The summed E-state index contributed by atoms with van der Waals surface area (Å²) in [5.74, 6) is 0.887. The van der Waals surface area contributed by atoms with Gasteiger partial charge < -0.3 is 14.8 Å². The molecule has 132 valence electrons. The van der Waals surface area contributed by atoms with Crippen molar-refractivity contribution in [1.29, 1.82) is 0 Å². The van der Waals surface area contributed by atoms with Crippen molar-refractivity contribution in [2.45, 2.75) is 25.9 Å². The predicted octanol–water partition coefficient (Wildman–Crippen LogP) is 4.06. The Morgan fingerprint density at radius 1 is 1.08 bits per heavy atom. The van der Waals surface area contributed by atoms with Crippen molar-refractivity contribution in [2.24, 2.45) is 0 Å². The van der Waals surface area contributed by atoms with Gasteiger partial charge in [-0.25, -0.2) is 4.79 Å². The Hall–Kier alpha value is -2.53. The maximum Gasteiger partial charge on any atom is 0.414 e. The summed E-state index contributed by atoms with van der Waals surface area (Å²) in [6.07, 6.45) is -0.274. The molecule has 1 aliphatic rings. The first-order valence-corrected chi connectivity index (χ1v) is 8.53. The molecule has 0 aromatic heterocycles. The quantitative estimate of drug-likeness (QED) is 0.861. The fourth-order valence-corrected chi connectivity index (χ4v) is 3.16. The van der Waals surface area contributed by atoms with Gasteiger partial charge in [-0.15, -0.1) is 0 Å². The van der Waals surface area contributed by atoms with Crippen molar-refractivity contribution < 1.29 is 14.3 Å². The predicted molar refractivity (Wildman–Crippen MR) is 98.1 cm³/mol. The number of hydrogen-bond acceptors (Lipinski definition) is 4. The summed E-state index contributed by atoms with van der Waals surface area (Å²) in [5.41, 5.74) is 3.17. The second-order valence-corrected chi connectivity index (χ2v) is 6.21. The molecule has 2 atom stereocenters. The van der Waals surface area contributed by atoms with E-state index in [0.29, 0.717) is 13.2 Å². The molecule has 0 spiro atoms. The molecular weight excluding hydrogens is 316 g/mol. The molecule has 0 bridgehead atoms. The summed E-state index contributed by atoms with van der Waals surface area (Å²) in [6, 6.07) is 16.4. The van der Waals surface area contributed by atoms with E-state index in [1.807, 2.05) is 42.5 Å². The Balaban J connectivity index is 1.68. The number of carbonyl (C=O) groups is 1. The van der Waals surface area contributed by atoms with Gasteiger partial charge in [-0.2, -0.15) is 0 Å². The van der Waals surface area contributed by atoms with E-state index in [-0.39, 0.29) is 18.2 Å². The third-order valence-electron chi connectivity index (χ3n) is 4.57. The molecule has 2 aromatic rings. The third-order valence-corrected chi connectivity index (χ3v) is 4.57. The van der Waals surface area contributed by atoms with Crippen LogP contribution in [0.15, 0.2) is 48.5 Å². The first kappa shape index (κ1) is 17.3. The standard InChI is InChI=1S/C20H24N2O3/c1-14(21-15(2)18-6-4-5-7-19(18)24-3)16-8-10-17(11-9-16)22-12-13-25-20(22)23/h4-11,14-15,21H,12-13H2,1-3H3/t14-,15-/m0/s1. The van der Waals surface area contributed by atoms with Crippen LogP contribution in [-0.2, 0) is 4.74 Å². The first-order valence-electron chi connectivity index (χ1n) is 8.53. The summed E-state index contributed by atoms with van der Waals surface area (Å²) in [7, 11) is 1.69. The molecule has 5 nitrogen and oxygen atoms in total. The lowest BCUT2D eigenvalue weighted by Gasteiger charge is -2.23. The van der Waals surface area contributed by atoms with Crippen molar-refractivity contribution >= 4 is 11.8 Å². The van der Waals surface area contributed by atoms with E-state index in [4.69, 9.17) is 9.47 Å². The van der Waals surface area contributed by atoms with Crippen LogP contribution in [0.1, 0.15) is 37.1 Å². The molecule has 0 aliphatic carbocycles. The maximum atomic E-state index is 11.6. The minimum absolute atomic E-state index is 0.152. The summed E-state index contributed by atoms with van der Waals surface area (Å²) in [5, 5.41) is 3.60. The van der Waals surface area contributed by atoms with Crippen LogP contribution in [0.3, 0.4) is 0 Å². The molecule has 1 heterocycles. The van der Waals surface area contributed by atoms with Gasteiger partial charge in [0.2, 0.25) is 0 Å². The van der Waals surface area contributed by atoms with Crippen LogP contribution in [-0.4, -0.2) is 26.4 Å². The van der Waals surface area contributed by atoms with Crippen LogP contribution < -0.4 is 15.0 Å². The molecule has 5 heteroatoms. The number of ether oxygens (including phenoxy) is 2. The molecule has 1 aliphatic heterocycles. The first-order chi connectivity index (χ1) is 12.1. The monoisotopic (exact) mass is 340 g/mol. The number of rotatable bonds is 6. The van der Waals surface area contributed by atoms with Crippen molar-refractivity contribution in [2.75, 3.05) is 25.2 Å². The molecule has 2 aromatic carbocycles. The zero-order valence-corrected chi connectivity index (χ0v) is 14.9. The van der Waals surface area contributed by atoms with Crippen LogP contribution in [0.2, 0.25) is 0 Å². The Labute approximate surface area is 148 Å². The van der Waals surface area contributed by atoms with Crippen LogP contribution >= 0.6 is 0 Å². The maximum absolute atomic E-state index is 11.6. The highest BCUT2D eigenvalue weighted by molar-refractivity contribution is 5.89. The number of methoxy groups -OCH3 is 1. The molecule has 0 radical (unpaired) electrons. The number of carbonyl (C=O) groups excluding carboxylic acids is 1. The fraction of sp³-hybridized carbons (Fsp3) is 0.350. The molecule has 3 rings (SSSR count). The molecule has 1 saturated heterocycles. The topological polar surface area (TPSA) is 50.8 Å². The number of benzene rings is 2. The number of cyclic esters (lactones) is 1. The van der Waals surface area contributed by atoms with Crippen LogP contribution in [0.4, 0.5) is 10.5 Å². The van der Waals surface area contributed by atoms with Crippen LogP contribution in [0.5, 0.6) is 5.75 Å². The molecule has 1 amide bonds. The largest absolute Gasteiger partial charge is 0.496 e. The Morgan fingerprint density at radius 2 is 1.80 bits per heavy atom. The van der Waals surface area contributed by atoms with E-state index >= 15 is 0 Å². The van der Waals surface area contributed by atoms with Gasteiger partial charge in [0.1, 0.15) is 12.4 Å². The normalized spacial score (nSPS) is 16.4. The zero-order valence-electron chi connectivity index (χ0n) is 14.9. The molecule has 1 N–H and O–H groups in total. The highest BCUT2D eigenvalue weighted by atomic mass is 16.6. The van der Waals surface area contributed by atoms with E-state index < -0.39 is 0 Å². The second-order valence-electron chi connectivity index (χ2n) is 6.21. The highest BCUT2D eigenvalue weighted by Gasteiger charge is 2.23. The van der Waals surface area contributed by atoms with Crippen molar-refractivity contribution in [3.63, 3.8) is 0 Å². The average Bonchev–Trinajstić information content (AvgIpc) is 3.07. The van der Waals surface area contributed by atoms with Gasteiger partial charge in [-0.1, -0.05) is 30.3 Å². The summed E-state index contributed by atoms with van der Waals surface area (Å²) in [6.45, 7) is 5.32. The lowest BCUT2D eigenvalue weighted by molar-refractivity contribution is 0.181. The van der Waals surface area contributed by atoms with Gasteiger partial charge >= 0.3 is 6.09 Å². The summed E-state index contributed by atoms with van der Waals surface area (Å²) in [4.78, 5) is 13.3. The minimum atomic E-state index is -0.274. The fourth-order valence-electron chi connectivity index (χ4n) is 3.16. The number of nitrogens with one attached hydrogen (secondary N) is 1. The van der Waals surface area contributed by atoms with E-state index in [2.05, 4.69) is 25.2 Å². The highest BCUT2D eigenvalue weighted by Crippen LogP contribution is 2.28. The Kier molecular flexibility index (Phi) is 5.24. The molecule has 0 unspecified atom stereocenters. The molecular formula is C20H24N2O3. The van der Waals surface area contributed by atoms with Gasteiger partial charge in [0.05, 0.1) is 13.7 Å². The third kappa shape index (κ3) is 3.77. The van der Waals surface area contributed by atoms with E-state index in [0.717, 1.165) is 22.6 Å². The van der Waals surface area contributed by atoms with Gasteiger partial charge in [-0.3, -0.25) is 4.90 Å². The smallest absolute Gasteiger partial charge is 0.414 e. The van der Waals surface area contributed by atoms with Crippen molar-refractivity contribution in [3.05, 3.63) is 59.7 Å². The van der Waals surface area contributed by atoms with E-state index in [1.54, 1.807) is 12.0 Å². The van der Waals surface area contributed by atoms with Crippen molar-refractivity contribution in [1.82, 2.24) is 5.32 Å². The van der Waals surface area contributed by atoms with Gasteiger partial charge in [0.25, 0.3) is 0 Å². The van der Waals surface area contributed by atoms with E-state index in [9.17, 15) is 4.79 Å². The lowest BCUT2D eigenvalue weighted by Crippen LogP contribution is -2.24. The number of amides is 1. The van der Waals surface area contributed by atoms with Gasteiger partial charge in [0.15, 0.2) is 0 Å². The number of hydrogen-bond donors (Lipinski definition) is 1. The van der Waals surface area contributed by atoms with Crippen LogP contribution in [0.25, 0.3) is 0 Å². The van der Waals surface area contributed by atoms with Gasteiger partial charge in [-0.05, 0) is 37.6 Å². The van der Waals surface area contributed by atoms with Crippen LogP contribution in [0, 0.1) is 0 Å². The molecule has 0 saturated carbocycles.